The maximum absolute atomic E-state index is 9.78. The molecule has 18 heavy (non-hydrogen) atoms. The Labute approximate surface area is 109 Å². The van der Waals surface area contributed by atoms with Crippen LogP contribution in [0.5, 0.6) is 11.5 Å². The first kappa shape index (κ1) is 14.8. The van der Waals surface area contributed by atoms with E-state index in [4.69, 9.17) is 9.47 Å². The van der Waals surface area contributed by atoms with Crippen molar-refractivity contribution in [1.29, 1.82) is 0 Å². The lowest BCUT2D eigenvalue weighted by Crippen LogP contribution is -2.32. The Morgan fingerprint density at radius 1 is 1.33 bits per heavy atom. The van der Waals surface area contributed by atoms with Crippen molar-refractivity contribution in [3.05, 3.63) is 23.8 Å². The highest BCUT2D eigenvalue weighted by Crippen LogP contribution is 2.22. The van der Waals surface area contributed by atoms with Gasteiger partial charge in [0.15, 0.2) is 0 Å². The molecule has 4 nitrogen and oxygen atoms in total. The van der Waals surface area contributed by atoms with Gasteiger partial charge >= 0.3 is 0 Å². The topological polar surface area (TPSA) is 50.7 Å². The second-order valence-electron chi connectivity index (χ2n) is 4.32. The van der Waals surface area contributed by atoms with Crippen LogP contribution in [-0.4, -0.2) is 32.0 Å². The number of methoxy groups -OCH3 is 2. The molecule has 0 spiro atoms. The van der Waals surface area contributed by atoms with Crippen LogP contribution in [0.3, 0.4) is 0 Å². The molecule has 0 amide bonds. The van der Waals surface area contributed by atoms with E-state index in [2.05, 4.69) is 12.2 Å². The summed E-state index contributed by atoms with van der Waals surface area (Å²) in [6, 6.07) is 5.56. The van der Waals surface area contributed by atoms with Gasteiger partial charge in [-0.3, -0.25) is 0 Å². The molecular weight excluding hydrogens is 230 g/mol. The number of hydrogen-bond acceptors (Lipinski definition) is 4. The summed E-state index contributed by atoms with van der Waals surface area (Å²) in [5.41, 5.74) is 0.839. The van der Waals surface area contributed by atoms with Gasteiger partial charge in [0.25, 0.3) is 0 Å². The fourth-order valence-electron chi connectivity index (χ4n) is 1.88. The van der Waals surface area contributed by atoms with E-state index in [9.17, 15) is 5.11 Å². The van der Waals surface area contributed by atoms with E-state index in [1.807, 2.05) is 6.07 Å². The second kappa shape index (κ2) is 7.95. The number of phenols is 1. The lowest BCUT2D eigenvalue weighted by atomic mass is 10.1. The van der Waals surface area contributed by atoms with Crippen molar-refractivity contribution in [2.24, 2.45) is 0 Å². The minimum absolute atomic E-state index is 0.288. The highest BCUT2D eigenvalue weighted by Gasteiger charge is 2.09. The molecule has 0 fully saturated rings. The molecule has 1 rings (SSSR count). The fraction of sp³-hybridized carbons (Fsp3) is 0.571. The van der Waals surface area contributed by atoms with Gasteiger partial charge in [0.05, 0.1) is 13.7 Å². The van der Waals surface area contributed by atoms with Crippen LogP contribution in [0, 0.1) is 0 Å². The van der Waals surface area contributed by atoms with E-state index >= 15 is 0 Å². The minimum Gasteiger partial charge on any atom is -0.508 e. The SMILES string of the molecule is CCCC(COC)NCc1cc(OC)ccc1O. The lowest BCUT2D eigenvalue weighted by molar-refractivity contribution is 0.161. The third kappa shape index (κ3) is 4.55. The van der Waals surface area contributed by atoms with Gasteiger partial charge < -0.3 is 19.9 Å². The average Bonchev–Trinajstić information content (AvgIpc) is 2.38. The minimum atomic E-state index is 0.288. The molecule has 0 aliphatic rings. The van der Waals surface area contributed by atoms with Crippen LogP contribution in [0.1, 0.15) is 25.3 Å². The summed E-state index contributed by atoms with van der Waals surface area (Å²) in [4.78, 5) is 0. The third-order valence-corrected chi connectivity index (χ3v) is 2.87. The van der Waals surface area contributed by atoms with Crippen molar-refractivity contribution in [1.82, 2.24) is 5.32 Å². The zero-order valence-electron chi connectivity index (χ0n) is 11.4. The van der Waals surface area contributed by atoms with Crippen LogP contribution in [0.4, 0.5) is 0 Å². The maximum Gasteiger partial charge on any atom is 0.120 e. The molecule has 4 heteroatoms. The summed E-state index contributed by atoms with van der Waals surface area (Å²) >= 11 is 0. The van der Waals surface area contributed by atoms with E-state index in [-0.39, 0.29) is 5.75 Å². The van der Waals surface area contributed by atoms with Crippen molar-refractivity contribution >= 4 is 0 Å². The predicted octanol–water partition coefficient (Wildman–Crippen LogP) is 2.31. The standard InChI is InChI=1S/C14H23NO3/c1-4-5-12(10-17-2)15-9-11-8-13(18-3)6-7-14(11)16/h6-8,12,15-16H,4-5,9-10H2,1-3H3. The number of phenolic OH excluding ortho intramolecular Hbond substituents is 1. The van der Waals surface area contributed by atoms with Crippen LogP contribution in [0.25, 0.3) is 0 Å². The summed E-state index contributed by atoms with van der Waals surface area (Å²) in [6.45, 7) is 3.43. The normalized spacial score (nSPS) is 12.4. The molecule has 0 heterocycles. The van der Waals surface area contributed by atoms with Crippen molar-refractivity contribution in [2.45, 2.75) is 32.4 Å². The van der Waals surface area contributed by atoms with Gasteiger partial charge in [0.2, 0.25) is 0 Å². The van der Waals surface area contributed by atoms with Crippen LogP contribution in [0.15, 0.2) is 18.2 Å². The molecule has 2 N–H and O–H groups in total. The Hall–Kier alpha value is -1.26. The Morgan fingerprint density at radius 3 is 2.72 bits per heavy atom. The quantitative estimate of drug-likeness (QED) is 0.746. The monoisotopic (exact) mass is 253 g/mol. The zero-order valence-corrected chi connectivity index (χ0v) is 11.4. The summed E-state index contributed by atoms with van der Waals surface area (Å²) in [7, 11) is 3.32. The number of hydrogen-bond donors (Lipinski definition) is 2. The number of benzene rings is 1. The van der Waals surface area contributed by atoms with Crippen LogP contribution >= 0.6 is 0 Å². The van der Waals surface area contributed by atoms with Gasteiger partial charge in [-0.15, -0.1) is 0 Å². The molecule has 1 atom stereocenters. The van der Waals surface area contributed by atoms with Gasteiger partial charge in [-0.1, -0.05) is 13.3 Å². The van der Waals surface area contributed by atoms with Crippen molar-refractivity contribution in [3.63, 3.8) is 0 Å². The molecule has 0 radical (unpaired) electrons. The predicted molar refractivity (Wildman–Crippen MR) is 72.1 cm³/mol. The van der Waals surface area contributed by atoms with Gasteiger partial charge in [-0.2, -0.15) is 0 Å². The second-order valence-corrected chi connectivity index (χ2v) is 4.32. The lowest BCUT2D eigenvalue weighted by Gasteiger charge is -2.17. The molecule has 0 aromatic heterocycles. The number of aromatic hydroxyl groups is 1. The summed E-state index contributed by atoms with van der Waals surface area (Å²) in [6.07, 6.45) is 2.16. The summed E-state index contributed by atoms with van der Waals surface area (Å²) in [5, 5.41) is 13.2. The van der Waals surface area contributed by atoms with Crippen molar-refractivity contribution < 1.29 is 14.6 Å². The Balaban J connectivity index is 2.60. The molecule has 102 valence electrons. The first-order valence-electron chi connectivity index (χ1n) is 6.29. The Kier molecular flexibility index (Phi) is 6.54. The molecule has 1 aromatic carbocycles. The summed E-state index contributed by atoms with van der Waals surface area (Å²) in [5.74, 6) is 1.04. The number of ether oxygens (including phenoxy) is 2. The highest BCUT2D eigenvalue weighted by atomic mass is 16.5. The molecule has 0 aliphatic carbocycles. The van der Waals surface area contributed by atoms with E-state index in [0.29, 0.717) is 19.2 Å². The highest BCUT2D eigenvalue weighted by molar-refractivity contribution is 5.39. The van der Waals surface area contributed by atoms with Crippen LogP contribution < -0.4 is 10.1 Å². The smallest absolute Gasteiger partial charge is 0.120 e. The van der Waals surface area contributed by atoms with Gasteiger partial charge in [-0.05, 0) is 24.6 Å². The zero-order chi connectivity index (χ0) is 13.4. The number of rotatable bonds is 8. The van der Waals surface area contributed by atoms with Crippen molar-refractivity contribution in [2.75, 3.05) is 20.8 Å². The molecular formula is C14H23NO3. The van der Waals surface area contributed by atoms with Crippen molar-refractivity contribution in [3.8, 4) is 11.5 Å². The van der Waals surface area contributed by atoms with Gasteiger partial charge in [0.1, 0.15) is 11.5 Å². The Bertz CT molecular complexity index is 349. The fourth-order valence-corrected chi connectivity index (χ4v) is 1.88. The summed E-state index contributed by atoms with van der Waals surface area (Å²) < 4.78 is 10.3. The third-order valence-electron chi connectivity index (χ3n) is 2.87. The average molecular weight is 253 g/mol. The van der Waals surface area contributed by atoms with Gasteiger partial charge in [0, 0.05) is 25.3 Å². The molecule has 0 saturated heterocycles. The first-order chi connectivity index (χ1) is 8.71. The van der Waals surface area contributed by atoms with E-state index in [0.717, 1.165) is 24.2 Å². The van der Waals surface area contributed by atoms with Gasteiger partial charge in [-0.25, -0.2) is 0 Å². The maximum atomic E-state index is 9.78. The largest absolute Gasteiger partial charge is 0.508 e. The van der Waals surface area contributed by atoms with Crippen LogP contribution in [0.2, 0.25) is 0 Å². The molecule has 0 aliphatic heterocycles. The molecule has 1 unspecified atom stereocenters. The molecule has 0 saturated carbocycles. The van der Waals surface area contributed by atoms with E-state index in [1.54, 1.807) is 26.4 Å². The van der Waals surface area contributed by atoms with E-state index < -0.39 is 0 Å². The first-order valence-corrected chi connectivity index (χ1v) is 6.29. The number of nitrogens with one attached hydrogen (secondary N) is 1. The molecule has 0 bridgehead atoms. The Morgan fingerprint density at radius 2 is 2.11 bits per heavy atom. The molecule has 1 aromatic rings. The van der Waals surface area contributed by atoms with Crippen LogP contribution in [-0.2, 0) is 11.3 Å². The van der Waals surface area contributed by atoms with E-state index in [1.165, 1.54) is 0 Å².